The zero-order chi connectivity index (χ0) is 18.6. The molecule has 1 aliphatic rings. The fraction of sp³-hybridized carbons (Fsp3) is 0.318. The topological polar surface area (TPSA) is 54.5 Å². The van der Waals surface area contributed by atoms with E-state index in [0.717, 1.165) is 29.8 Å². The lowest BCUT2D eigenvalue weighted by molar-refractivity contribution is 0.420. The van der Waals surface area contributed by atoms with Gasteiger partial charge < -0.3 is 0 Å². The zero-order valence-electron chi connectivity index (χ0n) is 15.1. The summed E-state index contributed by atoms with van der Waals surface area (Å²) in [5.41, 5.74) is 3.85. The first-order valence-corrected chi connectivity index (χ1v) is 9.43. The number of hydrogen-bond donors (Lipinski definition) is 0. The lowest BCUT2D eigenvalue weighted by Gasteiger charge is -2.23. The largest absolute Gasteiger partial charge is 0.244 e. The third kappa shape index (κ3) is 3.61. The predicted molar refractivity (Wildman–Crippen MR) is 102 cm³/mol. The Hall–Kier alpha value is -3.00. The third-order valence-corrected chi connectivity index (χ3v) is 5.30. The first-order valence-electron chi connectivity index (χ1n) is 9.43. The van der Waals surface area contributed by atoms with Crippen LogP contribution in [0.5, 0.6) is 0 Å². The van der Waals surface area contributed by atoms with Crippen molar-refractivity contribution in [2.45, 2.75) is 44.6 Å². The quantitative estimate of drug-likeness (QED) is 0.654. The molecular weight excluding hydrogens is 339 g/mol. The summed E-state index contributed by atoms with van der Waals surface area (Å²) < 4.78 is 15.8. The van der Waals surface area contributed by atoms with Crippen molar-refractivity contribution in [2.75, 3.05) is 0 Å². The van der Waals surface area contributed by atoms with Crippen LogP contribution in [0, 0.1) is 17.1 Å². The standard InChI is InChI=1S/C22H21FN4/c23-20-12-11-18(13-19(20)14-24)21-22(17-9-5-2-6-10-17)27(26-25-21)15-16-7-3-1-4-8-16/h1,3-4,7-8,11-13,17H,2,5-6,9-10,15H2. The number of aromatic nitrogens is 3. The van der Waals surface area contributed by atoms with E-state index in [9.17, 15) is 9.65 Å². The smallest absolute Gasteiger partial charge is 0.140 e. The van der Waals surface area contributed by atoms with Crippen LogP contribution in [0.3, 0.4) is 0 Å². The van der Waals surface area contributed by atoms with Gasteiger partial charge in [-0.2, -0.15) is 5.26 Å². The molecule has 4 nitrogen and oxygen atoms in total. The minimum absolute atomic E-state index is 0.0414. The Morgan fingerprint density at radius 3 is 2.59 bits per heavy atom. The van der Waals surface area contributed by atoms with Crippen molar-refractivity contribution < 1.29 is 4.39 Å². The molecule has 136 valence electrons. The molecule has 1 saturated carbocycles. The van der Waals surface area contributed by atoms with Crippen LogP contribution in [0.25, 0.3) is 11.3 Å². The molecule has 27 heavy (non-hydrogen) atoms. The Balaban J connectivity index is 1.78. The van der Waals surface area contributed by atoms with Crippen molar-refractivity contribution in [1.29, 1.82) is 5.26 Å². The van der Waals surface area contributed by atoms with Gasteiger partial charge in [-0.15, -0.1) is 5.10 Å². The molecule has 0 spiro atoms. The van der Waals surface area contributed by atoms with Crippen LogP contribution in [0.15, 0.2) is 48.5 Å². The molecule has 0 N–H and O–H groups in total. The van der Waals surface area contributed by atoms with Gasteiger partial charge in [-0.05, 0) is 36.6 Å². The minimum atomic E-state index is -0.503. The highest BCUT2D eigenvalue weighted by Gasteiger charge is 2.25. The molecule has 0 unspecified atom stereocenters. The van der Waals surface area contributed by atoms with Crippen molar-refractivity contribution in [3.8, 4) is 17.3 Å². The summed E-state index contributed by atoms with van der Waals surface area (Å²) in [7, 11) is 0. The average molecular weight is 360 g/mol. The Kier molecular flexibility index (Phi) is 4.97. The summed E-state index contributed by atoms with van der Waals surface area (Å²) in [6, 6.07) is 16.7. The molecule has 0 atom stereocenters. The second-order valence-electron chi connectivity index (χ2n) is 7.11. The average Bonchev–Trinajstić information content (AvgIpc) is 3.13. The molecule has 1 aromatic heterocycles. The normalized spacial score (nSPS) is 14.8. The van der Waals surface area contributed by atoms with Crippen LogP contribution in [-0.2, 0) is 6.54 Å². The van der Waals surface area contributed by atoms with Gasteiger partial charge in [0.05, 0.1) is 17.8 Å². The van der Waals surface area contributed by atoms with Gasteiger partial charge in [-0.25, -0.2) is 9.07 Å². The molecule has 3 aromatic rings. The van der Waals surface area contributed by atoms with Gasteiger partial charge in [0.1, 0.15) is 17.6 Å². The van der Waals surface area contributed by atoms with Crippen LogP contribution in [0.1, 0.15) is 54.8 Å². The van der Waals surface area contributed by atoms with Crippen molar-refractivity contribution in [1.82, 2.24) is 15.0 Å². The maximum Gasteiger partial charge on any atom is 0.140 e. The molecule has 0 saturated heterocycles. The second-order valence-corrected chi connectivity index (χ2v) is 7.11. The Morgan fingerprint density at radius 2 is 1.85 bits per heavy atom. The van der Waals surface area contributed by atoms with Gasteiger partial charge in [0, 0.05) is 11.5 Å². The number of benzene rings is 2. The maximum absolute atomic E-state index is 13.8. The van der Waals surface area contributed by atoms with Gasteiger partial charge >= 0.3 is 0 Å². The molecular formula is C22H21FN4. The van der Waals surface area contributed by atoms with Gasteiger partial charge in [0.25, 0.3) is 0 Å². The van der Waals surface area contributed by atoms with E-state index in [0.29, 0.717) is 12.5 Å². The summed E-state index contributed by atoms with van der Waals surface area (Å²) in [6.07, 6.45) is 5.89. The molecule has 4 rings (SSSR count). The highest BCUT2D eigenvalue weighted by Crippen LogP contribution is 2.37. The molecule has 2 aromatic carbocycles. The van der Waals surface area contributed by atoms with Gasteiger partial charge in [-0.1, -0.05) is 54.8 Å². The van der Waals surface area contributed by atoms with E-state index in [1.807, 2.05) is 29.0 Å². The fourth-order valence-corrected chi connectivity index (χ4v) is 3.94. The Morgan fingerprint density at radius 1 is 1.07 bits per heavy atom. The first kappa shape index (κ1) is 17.4. The lowest BCUT2D eigenvalue weighted by Crippen LogP contribution is -2.14. The number of halogens is 1. The molecule has 0 radical (unpaired) electrons. The summed E-state index contributed by atoms with van der Waals surface area (Å²) >= 11 is 0. The van der Waals surface area contributed by atoms with Gasteiger partial charge in [0.2, 0.25) is 0 Å². The van der Waals surface area contributed by atoms with E-state index in [4.69, 9.17) is 0 Å². The van der Waals surface area contributed by atoms with E-state index in [1.54, 1.807) is 12.1 Å². The van der Waals surface area contributed by atoms with E-state index in [1.165, 1.54) is 30.9 Å². The van der Waals surface area contributed by atoms with E-state index >= 15 is 0 Å². The lowest BCUT2D eigenvalue weighted by atomic mass is 9.85. The van der Waals surface area contributed by atoms with Crippen LogP contribution >= 0.6 is 0 Å². The molecule has 0 bridgehead atoms. The highest BCUT2D eigenvalue weighted by molar-refractivity contribution is 5.64. The second kappa shape index (κ2) is 7.71. The number of rotatable bonds is 4. The van der Waals surface area contributed by atoms with Gasteiger partial charge in [-0.3, -0.25) is 0 Å². The van der Waals surface area contributed by atoms with Crippen molar-refractivity contribution >= 4 is 0 Å². The molecule has 0 aliphatic heterocycles. The molecule has 1 aliphatic carbocycles. The van der Waals surface area contributed by atoms with E-state index < -0.39 is 5.82 Å². The number of nitrogens with zero attached hydrogens (tertiary/aromatic N) is 4. The number of nitriles is 1. The summed E-state index contributed by atoms with van der Waals surface area (Å²) in [4.78, 5) is 0. The van der Waals surface area contributed by atoms with Crippen molar-refractivity contribution in [2.24, 2.45) is 0 Å². The molecule has 1 heterocycles. The Bertz CT molecular complexity index is 966. The third-order valence-electron chi connectivity index (χ3n) is 5.30. The first-order chi connectivity index (χ1) is 13.3. The van der Waals surface area contributed by atoms with Crippen molar-refractivity contribution in [3.05, 3.63) is 71.2 Å². The molecule has 1 fully saturated rings. The maximum atomic E-state index is 13.8. The SMILES string of the molecule is N#Cc1cc(-c2nnn(Cc3ccccc3)c2C2CCCCC2)ccc1F. The summed E-state index contributed by atoms with van der Waals surface area (Å²) in [5, 5.41) is 18.1. The van der Waals surface area contributed by atoms with Crippen LogP contribution in [0.2, 0.25) is 0 Å². The van der Waals surface area contributed by atoms with Crippen LogP contribution in [-0.4, -0.2) is 15.0 Å². The van der Waals surface area contributed by atoms with Crippen LogP contribution < -0.4 is 0 Å². The summed E-state index contributed by atoms with van der Waals surface area (Å²) in [6.45, 7) is 0.659. The van der Waals surface area contributed by atoms with E-state index in [2.05, 4.69) is 22.4 Å². The minimum Gasteiger partial charge on any atom is -0.244 e. The van der Waals surface area contributed by atoms with Crippen molar-refractivity contribution in [3.63, 3.8) is 0 Å². The zero-order valence-corrected chi connectivity index (χ0v) is 15.1. The van der Waals surface area contributed by atoms with Crippen LogP contribution in [0.4, 0.5) is 4.39 Å². The highest BCUT2D eigenvalue weighted by atomic mass is 19.1. The summed E-state index contributed by atoms with van der Waals surface area (Å²) in [5.74, 6) is -0.111. The molecule has 0 amide bonds. The fourth-order valence-electron chi connectivity index (χ4n) is 3.94. The predicted octanol–water partition coefficient (Wildman–Crippen LogP) is 5.05. The van der Waals surface area contributed by atoms with E-state index in [-0.39, 0.29) is 5.56 Å². The van der Waals surface area contributed by atoms with Gasteiger partial charge in [0.15, 0.2) is 0 Å². The monoisotopic (exact) mass is 360 g/mol. The molecule has 5 heteroatoms. The Labute approximate surface area is 158 Å². The number of hydrogen-bond acceptors (Lipinski definition) is 3.